The van der Waals surface area contributed by atoms with Crippen LogP contribution in [0.5, 0.6) is 0 Å². The van der Waals surface area contributed by atoms with Crippen molar-refractivity contribution >= 4 is 17.1 Å². The highest BCUT2D eigenvalue weighted by Crippen LogP contribution is 2.25. The van der Waals surface area contributed by atoms with Crippen LogP contribution < -0.4 is 5.32 Å². The van der Waals surface area contributed by atoms with Crippen LogP contribution in [0.2, 0.25) is 0 Å². The molecule has 2 aromatic heterocycles. The number of pyridine rings is 1. The molecule has 0 aliphatic carbocycles. The molecule has 0 aliphatic heterocycles. The zero-order valence-corrected chi connectivity index (χ0v) is 16.7. The van der Waals surface area contributed by atoms with Gasteiger partial charge in [0.1, 0.15) is 11.3 Å². The zero-order chi connectivity index (χ0) is 20.2. The SMILES string of the molecule is CCCn1c(-c2cccc(C(=O)NCc3ccccc3C)c2)nc2cccnc21. The molecule has 29 heavy (non-hydrogen) atoms. The fourth-order valence-corrected chi connectivity index (χ4v) is 3.50. The van der Waals surface area contributed by atoms with Gasteiger partial charge >= 0.3 is 0 Å². The molecule has 0 spiro atoms. The van der Waals surface area contributed by atoms with Gasteiger partial charge in [0.05, 0.1) is 0 Å². The van der Waals surface area contributed by atoms with Crippen molar-refractivity contribution in [2.75, 3.05) is 0 Å². The smallest absolute Gasteiger partial charge is 0.251 e. The Kier molecular flexibility index (Phi) is 5.38. The fourth-order valence-electron chi connectivity index (χ4n) is 3.50. The number of aromatic nitrogens is 3. The number of fused-ring (bicyclic) bond motifs is 1. The molecule has 0 fully saturated rings. The van der Waals surface area contributed by atoms with Crippen molar-refractivity contribution in [3.05, 3.63) is 83.6 Å². The first-order valence-corrected chi connectivity index (χ1v) is 9.91. The highest BCUT2D eigenvalue weighted by Gasteiger charge is 2.15. The molecule has 0 bridgehead atoms. The Morgan fingerprint density at radius 1 is 1.07 bits per heavy atom. The summed E-state index contributed by atoms with van der Waals surface area (Å²) in [4.78, 5) is 22.0. The van der Waals surface area contributed by atoms with Crippen LogP contribution in [-0.2, 0) is 13.1 Å². The van der Waals surface area contributed by atoms with E-state index in [4.69, 9.17) is 4.98 Å². The van der Waals surface area contributed by atoms with Gasteiger partial charge in [0.25, 0.3) is 5.91 Å². The summed E-state index contributed by atoms with van der Waals surface area (Å²) < 4.78 is 2.12. The molecule has 4 aromatic rings. The van der Waals surface area contributed by atoms with Crippen molar-refractivity contribution in [1.82, 2.24) is 19.9 Å². The maximum atomic E-state index is 12.7. The Bertz CT molecular complexity index is 1160. The summed E-state index contributed by atoms with van der Waals surface area (Å²) in [6.45, 7) is 5.52. The Hall–Kier alpha value is -3.47. The lowest BCUT2D eigenvalue weighted by atomic mass is 10.1. The molecule has 5 nitrogen and oxygen atoms in total. The molecule has 0 unspecified atom stereocenters. The maximum absolute atomic E-state index is 12.7. The Morgan fingerprint density at radius 2 is 1.93 bits per heavy atom. The van der Waals surface area contributed by atoms with E-state index in [-0.39, 0.29) is 5.91 Å². The number of nitrogens with one attached hydrogen (secondary N) is 1. The summed E-state index contributed by atoms with van der Waals surface area (Å²) in [5.41, 5.74) is 5.57. The van der Waals surface area contributed by atoms with Gasteiger partial charge in [-0.2, -0.15) is 0 Å². The van der Waals surface area contributed by atoms with E-state index in [0.717, 1.165) is 41.1 Å². The molecule has 1 N–H and O–H groups in total. The minimum absolute atomic E-state index is 0.0913. The maximum Gasteiger partial charge on any atom is 0.251 e. The Morgan fingerprint density at radius 3 is 2.76 bits per heavy atom. The van der Waals surface area contributed by atoms with Gasteiger partial charge in [0.15, 0.2) is 5.65 Å². The number of benzene rings is 2. The first-order valence-electron chi connectivity index (χ1n) is 9.91. The fraction of sp³-hybridized carbons (Fsp3) is 0.208. The molecule has 146 valence electrons. The van der Waals surface area contributed by atoms with E-state index >= 15 is 0 Å². The van der Waals surface area contributed by atoms with Crippen LogP contribution in [0.15, 0.2) is 66.9 Å². The normalized spacial score (nSPS) is 11.0. The largest absolute Gasteiger partial charge is 0.348 e. The quantitative estimate of drug-likeness (QED) is 0.522. The lowest BCUT2D eigenvalue weighted by Crippen LogP contribution is -2.23. The van der Waals surface area contributed by atoms with Gasteiger partial charge in [-0.1, -0.05) is 43.3 Å². The molecule has 0 atom stereocenters. The summed E-state index contributed by atoms with van der Waals surface area (Å²) >= 11 is 0. The molecule has 0 aliphatic rings. The van der Waals surface area contributed by atoms with E-state index in [1.807, 2.05) is 67.6 Å². The first kappa shape index (κ1) is 18.9. The van der Waals surface area contributed by atoms with Crippen molar-refractivity contribution in [2.45, 2.75) is 33.4 Å². The summed E-state index contributed by atoms with van der Waals surface area (Å²) in [5, 5.41) is 3.02. The number of imidazole rings is 1. The van der Waals surface area contributed by atoms with Crippen molar-refractivity contribution in [3.8, 4) is 11.4 Å². The van der Waals surface area contributed by atoms with Gasteiger partial charge in [-0.15, -0.1) is 0 Å². The second-order valence-corrected chi connectivity index (χ2v) is 7.12. The summed E-state index contributed by atoms with van der Waals surface area (Å²) in [6, 6.07) is 19.6. The van der Waals surface area contributed by atoms with Gasteiger partial charge in [-0.25, -0.2) is 9.97 Å². The molecule has 4 rings (SSSR count). The molecular weight excluding hydrogens is 360 g/mol. The van der Waals surface area contributed by atoms with Crippen LogP contribution in [0, 0.1) is 6.92 Å². The van der Waals surface area contributed by atoms with Crippen molar-refractivity contribution in [1.29, 1.82) is 0 Å². The molecule has 0 saturated carbocycles. The zero-order valence-electron chi connectivity index (χ0n) is 16.7. The number of nitrogens with zero attached hydrogens (tertiary/aromatic N) is 3. The number of carbonyl (C=O) groups is 1. The van der Waals surface area contributed by atoms with E-state index in [2.05, 4.69) is 21.8 Å². The van der Waals surface area contributed by atoms with Crippen LogP contribution in [0.4, 0.5) is 0 Å². The van der Waals surface area contributed by atoms with Gasteiger partial charge in [-0.05, 0) is 48.7 Å². The number of rotatable bonds is 6. The Labute approximate surface area is 170 Å². The molecule has 2 heterocycles. The number of amides is 1. The third-order valence-electron chi connectivity index (χ3n) is 5.03. The van der Waals surface area contributed by atoms with Crippen molar-refractivity contribution in [3.63, 3.8) is 0 Å². The molecule has 1 amide bonds. The van der Waals surface area contributed by atoms with Crippen LogP contribution in [-0.4, -0.2) is 20.4 Å². The first-order chi connectivity index (χ1) is 14.2. The number of hydrogen-bond acceptors (Lipinski definition) is 3. The average Bonchev–Trinajstić information content (AvgIpc) is 3.12. The third-order valence-corrected chi connectivity index (χ3v) is 5.03. The van der Waals surface area contributed by atoms with Crippen molar-refractivity contribution < 1.29 is 4.79 Å². The topological polar surface area (TPSA) is 59.8 Å². The standard InChI is InChI=1S/C24H24N4O/c1-3-14-28-22(27-21-12-7-13-25-23(21)28)18-10-6-11-19(15-18)24(29)26-16-20-9-5-4-8-17(20)2/h4-13,15H,3,14,16H2,1-2H3,(H,26,29). The number of carbonyl (C=O) groups excluding carboxylic acids is 1. The molecule has 5 heteroatoms. The minimum Gasteiger partial charge on any atom is -0.348 e. The molecule has 2 aromatic carbocycles. The second kappa shape index (κ2) is 8.27. The summed E-state index contributed by atoms with van der Waals surface area (Å²) in [5.74, 6) is 0.750. The van der Waals surface area contributed by atoms with Gasteiger partial charge < -0.3 is 9.88 Å². The third kappa shape index (κ3) is 3.90. The minimum atomic E-state index is -0.0913. The lowest BCUT2D eigenvalue weighted by Gasteiger charge is -2.10. The van der Waals surface area contributed by atoms with E-state index in [1.165, 1.54) is 5.56 Å². The number of aryl methyl sites for hydroxylation is 2. The molecule has 0 radical (unpaired) electrons. The summed E-state index contributed by atoms with van der Waals surface area (Å²) in [6.07, 6.45) is 2.76. The average molecular weight is 384 g/mol. The van der Waals surface area contributed by atoms with Crippen LogP contribution in [0.3, 0.4) is 0 Å². The van der Waals surface area contributed by atoms with Crippen LogP contribution in [0.1, 0.15) is 34.8 Å². The van der Waals surface area contributed by atoms with E-state index < -0.39 is 0 Å². The van der Waals surface area contributed by atoms with Gasteiger partial charge in [-0.3, -0.25) is 4.79 Å². The van der Waals surface area contributed by atoms with Gasteiger partial charge in [0.2, 0.25) is 0 Å². The molecule has 0 saturated heterocycles. The predicted octanol–water partition coefficient (Wildman–Crippen LogP) is 4.75. The lowest BCUT2D eigenvalue weighted by molar-refractivity contribution is 0.0951. The predicted molar refractivity (Wildman–Crippen MR) is 116 cm³/mol. The second-order valence-electron chi connectivity index (χ2n) is 7.12. The van der Waals surface area contributed by atoms with E-state index in [1.54, 1.807) is 6.20 Å². The van der Waals surface area contributed by atoms with Crippen molar-refractivity contribution in [2.24, 2.45) is 0 Å². The molecular formula is C24H24N4O. The number of hydrogen-bond donors (Lipinski definition) is 1. The monoisotopic (exact) mass is 384 g/mol. The summed E-state index contributed by atoms with van der Waals surface area (Å²) in [7, 11) is 0. The van der Waals surface area contributed by atoms with E-state index in [9.17, 15) is 4.79 Å². The highest BCUT2D eigenvalue weighted by molar-refractivity contribution is 5.95. The highest BCUT2D eigenvalue weighted by atomic mass is 16.1. The van der Waals surface area contributed by atoms with E-state index in [0.29, 0.717) is 12.1 Å². The van der Waals surface area contributed by atoms with Gasteiger partial charge in [0, 0.05) is 30.4 Å². The Balaban J connectivity index is 1.62. The van der Waals surface area contributed by atoms with Crippen LogP contribution >= 0.6 is 0 Å². The van der Waals surface area contributed by atoms with Crippen LogP contribution in [0.25, 0.3) is 22.6 Å².